The van der Waals surface area contributed by atoms with Crippen LogP contribution in [0.2, 0.25) is 0 Å². The first-order chi connectivity index (χ1) is 13.3. The van der Waals surface area contributed by atoms with Gasteiger partial charge >= 0.3 is 0 Å². The fourth-order valence-corrected chi connectivity index (χ4v) is 5.41. The highest BCUT2D eigenvalue weighted by Gasteiger charge is 2.50. The first-order valence-electron chi connectivity index (χ1n) is 10.1. The van der Waals surface area contributed by atoms with Crippen molar-refractivity contribution in [3.8, 4) is 5.75 Å². The van der Waals surface area contributed by atoms with E-state index in [1.54, 1.807) is 4.90 Å². The number of rotatable bonds is 3. The van der Waals surface area contributed by atoms with Gasteiger partial charge in [-0.15, -0.1) is 0 Å². The minimum absolute atomic E-state index is 0.0986. The predicted molar refractivity (Wildman–Crippen MR) is 102 cm³/mol. The Morgan fingerprint density at radius 2 is 2.04 bits per heavy atom. The van der Waals surface area contributed by atoms with Gasteiger partial charge in [0.25, 0.3) is 5.91 Å². The number of phenols is 1. The first-order valence-corrected chi connectivity index (χ1v) is 10.1. The number of hydrogen-bond acceptors (Lipinski definition) is 4. The van der Waals surface area contributed by atoms with Crippen LogP contribution in [0.5, 0.6) is 5.75 Å². The second-order valence-electron chi connectivity index (χ2n) is 8.72. The number of nitrogens with zero attached hydrogens (tertiary/aromatic N) is 3. The molecule has 0 radical (unpaired) electrons. The molecule has 3 aliphatic heterocycles. The maximum Gasteiger partial charge on any atom is 0.257 e. The number of likely N-dealkylation sites (tertiary alicyclic amines) is 1. The molecule has 2 bridgehead atoms. The Morgan fingerprint density at radius 1 is 1.29 bits per heavy atom. The molecule has 0 aliphatic carbocycles. The van der Waals surface area contributed by atoms with Gasteiger partial charge in [-0.3, -0.25) is 9.59 Å². The molecule has 3 fully saturated rings. The van der Waals surface area contributed by atoms with Crippen LogP contribution in [-0.2, 0) is 4.79 Å². The Balaban J connectivity index is 1.61. The molecule has 2 amide bonds. The quantitative estimate of drug-likeness (QED) is 0.858. The summed E-state index contributed by atoms with van der Waals surface area (Å²) in [6.45, 7) is 1.92. The summed E-state index contributed by atoms with van der Waals surface area (Å²) in [6.07, 6.45) is 3.53. The normalized spacial score (nSPS) is 29.8. The fraction of sp³-hybridized carbons (Fsp3) is 0.619. The summed E-state index contributed by atoms with van der Waals surface area (Å²) in [7, 11) is 4.02. The van der Waals surface area contributed by atoms with Gasteiger partial charge in [0, 0.05) is 44.2 Å². The highest BCUT2D eigenvalue weighted by molar-refractivity contribution is 5.97. The smallest absolute Gasteiger partial charge is 0.257 e. The van der Waals surface area contributed by atoms with E-state index in [0.29, 0.717) is 19.5 Å². The average molecular weight is 389 g/mol. The summed E-state index contributed by atoms with van der Waals surface area (Å²) in [5, 5.41) is 10.0. The monoisotopic (exact) mass is 389 g/mol. The number of carbonyl (C=O) groups excluding carboxylic acids is 2. The van der Waals surface area contributed by atoms with Crippen LogP contribution in [0.3, 0.4) is 0 Å². The standard InChI is InChI=1S/C21H28FN3O3/c1-23(2)12-18-14-8-13(17-4-3-5-20(27)25(17)18)10-24(11-14)21(28)16-7-6-15(22)9-19(16)26/h6-7,9,13-14,17-18,26H,3-5,8,10-12H2,1-2H3/t13-,14+,17+,18+/m1/s1. The van der Waals surface area contributed by atoms with E-state index in [-0.39, 0.29) is 47.0 Å². The van der Waals surface area contributed by atoms with Crippen molar-refractivity contribution in [1.29, 1.82) is 0 Å². The van der Waals surface area contributed by atoms with Gasteiger partial charge in [0.2, 0.25) is 5.91 Å². The lowest BCUT2D eigenvalue weighted by molar-refractivity contribution is -0.152. The van der Waals surface area contributed by atoms with Crippen molar-refractivity contribution in [3.63, 3.8) is 0 Å². The van der Waals surface area contributed by atoms with E-state index in [2.05, 4.69) is 9.80 Å². The van der Waals surface area contributed by atoms with E-state index >= 15 is 0 Å². The van der Waals surface area contributed by atoms with Crippen LogP contribution in [-0.4, -0.2) is 77.4 Å². The van der Waals surface area contributed by atoms with Gasteiger partial charge in [0.15, 0.2) is 0 Å². The Bertz CT molecular complexity index is 784. The second-order valence-corrected chi connectivity index (χ2v) is 8.72. The molecule has 0 unspecified atom stereocenters. The van der Waals surface area contributed by atoms with Crippen molar-refractivity contribution in [2.75, 3.05) is 33.7 Å². The molecule has 0 spiro atoms. The molecule has 28 heavy (non-hydrogen) atoms. The summed E-state index contributed by atoms with van der Waals surface area (Å²) < 4.78 is 13.3. The SMILES string of the molecule is CN(C)C[C@H]1[C@H]2C[C@H](CN(C(=O)c3ccc(F)cc3O)C2)[C@@H]2CCCC(=O)N21. The first kappa shape index (κ1) is 19.2. The molecule has 6 nitrogen and oxygen atoms in total. The van der Waals surface area contributed by atoms with Crippen LogP contribution in [0.15, 0.2) is 18.2 Å². The summed E-state index contributed by atoms with van der Waals surface area (Å²) in [5.41, 5.74) is 0.141. The number of amides is 2. The minimum Gasteiger partial charge on any atom is -0.507 e. The molecule has 0 aromatic heterocycles. The molecule has 1 aromatic carbocycles. The lowest BCUT2D eigenvalue weighted by atomic mass is 9.72. The number of fused-ring (bicyclic) bond motifs is 4. The second kappa shape index (κ2) is 7.35. The van der Waals surface area contributed by atoms with Crippen LogP contribution >= 0.6 is 0 Å². The van der Waals surface area contributed by atoms with Gasteiger partial charge < -0.3 is 19.8 Å². The van der Waals surface area contributed by atoms with Crippen molar-refractivity contribution in [2.45, 2.75) is 37.8 Å². The highest BCUT2D eigenvalue weighted by atomic mass is 19.1. The Labute approximate surface area is 164 Å². The van der Waals surface area contributed by atoms with Crippen LogP contribution in [0.25, 0.3) is 0 Å². The van der Waals surface area contributed by atoms with E-state index in [0.717, 1.165) is 31.9 Å². The molecule has 1 N–H and O–H groups in total. The molecule has 3 heterocycles. The van der Waals surface area contributed by atoms with Crippen molar-refractivity contribution in [2.24, 2.45) is 11.8 Å². The lowest BCUT2D eigenvalue weighted by Crippen LogP contribution is -2.67. The zero-order valence-corrected chi connectivity index (χ0v) is 16.5. The van der Waals surface area contributed by atoms with Gasteiger partial charge in [-0.1, -0.05) is 0 Å². The van der Waals surface area contributed by atoms with E-state index in [9.17, 15) is 19.1 Å². The summed E-state index contributed by atoms with van der Waals surface area (Å²) in [5.74, 6) is -0.425. The Hall–Kier alpha value is -2.15. The number of aromatic hydroxyl groups is 1. The zero-order chi connectivity index (χ0) is 20.0. The molecular formula is C21H28FN3O3. The number of benzene rings is 1. The third-order valence-electron chi connectivity index (χ3n) is 6.53. The molecule has 0 saturated carbocycles. The van der Waals surface area contributed by atoms with Crippen molar-refractivity contribution in [3.05, 3.63) is 29.6 Å². The molecular weight excluding hydrogens is 361 g/mol. The van der Waals surface area contributed by atoms with E-state index < -0.39 is 5.82 Å². The number of phenolic OH excluding ortho intramolecular Hbond substituents is 1. The van der Waals surface area contributed by atoms with Gasteiger partial charge in [0.1, 0.15) is 11.6 Å². The van der Waals surface area contributed by atoms with Crippen LogP contribution in [0.1, 0.15) is 36.0 Å². The molecule has 4 atom stereocenters. The lowest BCUT2D eigenvalue weighted by Gasteiger charge is -2.57. The summed E-state index contributed by atoms with van der Waals surface area (Å²) in [4.78, 5) is 31.8. The highest BCUT2D eigenvalue weighted by Crippen LogP contribution is 2.42. The van der Waals surface area contributed by atoms with E-state index in [4.69, 9.17) is 0 Å². The van der Waals surface area contributed by atoms with Crippen LogP contribution in [0.4, 0.5) is 4.39 Å². The summed E-state index contributed by atoms with van der Waals surface area (Å²) >= 11 is 0. The van der Waals surface area contributed by atoms with Crippen molar-refractivity contribution < 1.29 is 19.1 Å². The molecule has 3 aliphatic rings. The van der Waals surface area contributed by atoms with E-state index in [1.165, 1.54) is 12.1 Å². The third-order valence-corrected chi connectivity index (χ3v) is 6.53. The van der Waals surface area contributed by atoms with Crippen LogP contribution in [0, 0.1) is 17.7 Å². The average Bonchev–Trinajstić information content (AvgIpc) is 2.64. The Morgan fingerprint density at radius 3 is 2.75 bits per heavy atom. The Kier molecular flexibility index (Phi) is 5.04. The van der Waals surface area contributed by atoms with Crippen molar-refractivity contribution in [1.82, 2.24) is 14.7 Å². The molecule has 3 saturated heterocycles. The number of piperidine rings is 3. The van der Waals surface area contributed by atoms with Crippen LogP contribution < -0.4 is 0 Å². The number of halogens is 1. The van der Waals surface area contributed by atoms with Gasteiger partial charge in [-0.05, 0) is 57.3 Å². The molecule has 152 valence electrons. The predicted octanol–water partition coefficient (Wildman–Crippen LogP) is 1.93. The molecule has 1 aromatic rings. The van der Waals surface area contributed by atoms with Crippen molar-refractivity contribution >= 4 is 11.8 Å². The number of carbonyl (C=O) groups is 2. The van der Waals surface area contributed by atoms with Gasteiger partial charge in [-0.25, -0.2) is 4.39 Å². The van der Waals surface area contributed by atoms with Gasteiger partial charge in [0.05, 0.1) is 5.56 Å². The maximum atomic E-state index is 13.3. The molecule has 4 rings (SSSR count). The zero-order valence-electron chi connectivity index (χ0n) is 16.5. The summed E-state index contributed by atoms with van der Waals surface area (Å²) in [6, 6.07) is 3.81. The third kappa shape index (κ3) is 3.36. The van der Waals surface area contributed by atoms with E-state index in [1.807, 2.05) is 14.1 Å². The number of hydrogen-bond donors (Lipinski definition) is 1. The largest absolute Gasteiger partial charge is 0.507 e. The minimum atomic E-state index is -0.563. The topological polar surface area (TPSA) is 64.1 Å². The van der Waals surface area contributed by atoms with Gasteiger partial charge in [-0.2, -0.15) is 0 Å². The number of likely N-dealkylation sites (N-methyl/N-ethyl adjacent to an activating group) is 1. The molecule has 7 heteroatoms. The maximum absolute atomic E-state index is 13.3. The fourth-order valence-electron chi connectivity index (χ4n) is 5.41.